The average Bonchev–Trinajstić information content (AvgIpc) is 2.44. The number of halogens is 4. The van der Waals surface area contributed by atoms with E-state index >= 15 is 0 Å². The molecule has 88 valence electrons. The van der Waals surface area contributed by atoms with Crippen LogP contribution in [0.15, 0.2) is 0 Å². The topological polar surface area (TPSA) is 12.5 Å². The van der Waals surface area contributed by atoms with Gasteiger partial charge in [0.25, 0.3) is 0 Å². The monoisotopic (exact) mass is 287 g/mol. The van der Waals surface area contributed by atoms with Gasteiger partial charge < -0.3 is 4.74 Å². The number of rotatable bonds is 2. The molecule has 0 aromatic heterocycles. The van der Waals surface area contributed by atoms with Gasteiger partial charge in [0.15, 0.2) is 0 Å². The summed E-state index contributed by atoms with van der Waals surface area (Å²) in [5.74, 6) is 0. The summed E-state index contributed by atoms with van der Waals surface area (Å²) >= 11 is 2.69. The maximum Gasteiger partial charge on any atom is 0.402 e. The molecule has 0 spiro atoms. The van der Waals surface area contributed by atoms with Gasteiger partial charge in [0.05, 0.1) is 12.2 Å². The lowest BCUT2D eigenvalue weighted by atomic mass is 10.2. The third-order valence-electron chi connectivity index (χ3n) is 2.89. The Labute approximate surface area is 94.9 Å². The van der Waals surface area contributed by atoms with Crippen molar-refractivity contribution in [3.05, 3.63) is 0 Å². The van der Waals surface area contributed by atoms with Crippen LogP contribution in [-0.4, -0.2) is 47.7 Å². The number of hydrogen-bond donors (Lipinski definition) is 0. The molecule has 6 heteroatoms. The fraction of sp³-hybridized carbons (Fsp3) is 1.00. The molecule has 0 radical (unpaired) electrons. The lowest BCUT2D eigenvalue weighted by Crippen LogP contribution is -2.47. The maximum atomic E-state index is 12.3. The average molecular weight is 288 g/mol. The fourth-order valence-electron chi connectivity index (χ4n) is 2.18. The van der Waals surface area contributed by atoms with Crippen LogP contribution < -0.4 is 0 Å². The molecule has 2 aliphatic rings. The Bertz CT molecular complexity index is 224. The summed E-state index contributed by atoms with van der Waals surface area (Å²) in [6.07, 6.45) is -1.88. The molecular weight excluding hydrogens is 275 g/mol. The van der Waals surface area contributed by atoms with Crippen LogP contribution in [0.5, 0.6) is 0 Å². The predicted molar refractivity (Wildman–Crippen MR) is 53.1 cm³/mol. The molecule has 3 atom stereocenters. The zero-order valence-electron chi connectivity index (χ0n) is 8.13. The summed E-state index contributed by atoms with van der Waals surface area (Å²) in [5.41, 5.74) is 0. The third kappa shape index (κ3) is 2.85. The molecule has 2 fully saturated rings. The van der Waals surface area contributed by atoms with Crippen LogP contribution in [0, 0.1) is 0 Å². The highest BCUT2D eigenvalue weighted by Crippen LogP contribution is 2.30. The first-order valence-electron chi connectivity index (χ1n) is 5.04. The number of ether oxygens (including phenoxy) is 1. The maximum absolute atomic E-state index is 12.3. The minimum absolute atomic E-state index is 0.0276. The van der Waals surface area contributed by atoms with E-state index in [1.54, 1.807) is 0 Å². The van der Waals surface area contributed by atoms with Crippen molar-refractivity contribution >= 4 is 15.9 Å². The van der Waals surface area contributed by atoms with Crippen LogP contribution in [0.3, 0.4) is 0 Å². The van der Waals surface area contributed by atoms with Crippen molar-refractivity contribution in [2.45, 2.75) is 36.1 Å². The van der Waals surface area contributed by atoms with Crippen molar-refractivity contribution in [1.82, 2.24) is 4.90 Å². The van der Waals surface area contributed by atoms with Gasteiger partial charge in [-0.05, 0) is 12.8 Å². The van der Waals surface area contributed by atoms with Crippen LogP contribution in [0.25, 0.3) is 0 Å². The second-order valence-corrected chi connectivity index (χ2v) is 5.29. The van der Waals surface area contributed by atoms with E-state index in [4.69, 9.17) is 4.74 Å². The highest BCUT2D eigenvalue weighted by atomic mass is 79.9. The second kappa shape index (κ2) is 4.22. The normalized spacial score (nSPS) is 34.4. The van der Waals surface area contributed by atoms with Crippen molar-refractivity contribution in [2.24, 2.45) is 0 Å². The molecule has 0 aromatic rings. The summed E-state index contributed by atoms with van der Waals surface area (Å²) in [7, 11) is 0. The highest BCUT2D eigenvalue weighted by molar-refractivity contribution is 9.09. The number of morpholine rings is 1. The third-order valence-corrected chi connectivity index (χ3v) is 3.70. The number of fused-ring (bicyclic) bond motifs is 2. The summed E-state index contributed by atoms with van der Waals surface area (Å²) < 4.78 is 42.5. The van der Waals surface area contributed by atoms with Crippen molar-refractivity contribution < 1.29 is 17.9 Å². The summed E-state index contributed by atoms with van der Waals surface area (Å²) in [4.78, 5) is 0.418. The number of hydrogen-bond acceptors (Lipinski definition) is 2. The summed E-state index contributed by atoms with van der Waals surface area (Å²) in [6.45, 7) is 1.29. The summed E-state index contributed by atoms with van der Waals surface area (Å²) in [5, 5.41) is 0. The summed E-state index contributed by atoms with van der Waals surface area (Å²) in [6, 6.07) is 0. The van der Waals surface area contributed by atoms with E-state index in [1.807, 2.05) is 4.90 Å². The van der Waals surface area contributed by atoms with E-state index in [9.17, 15) is 13.2 Å². The molecular formula is C9H13BrF3NO. The molecule has 0 amide bonds. The van der Waals surface area contributed by atoms with Gasteiger partial charge in [-0.15, -0.1) is 0 Å². The van der Waals surface area contributed by atoms with Crippen molar-refractivity contribution in [3.8, 4) is 0 Å². The zero-order chi connectivity index (χ0) is 11.1. The number of likely N-dealkylation sites (tertiary alicyclic amines) is 1. The molecule has 0 saturated carbocycles. The van der Waals surface area contributed by atoms with Crippen molar-refractivity contribution in [3.63, 3.8) is 0 Å². The van der Waals surface area contributed by atoms with E-state index < -0.39 is 11.0 Å². The van der Waals surface area contributed by atoms with Crippen molar-refractivity contribution in [2.75, 3.05) is 19.6 Å². The Hall–Kier alpha value is 0.190. The lowest BCUT2D eigenvalue weighted by Gasteiger charge is -2.33. The first-order valence-corrected chi connectivity index (χ1v) is 5.95. The van der Waals surface area contributed by atoms with Gasteiger partial charge in [0.2, 0.25) is 0 Å². The van der Waals surface area contributed by atoms with Gasteiger partial charge in [0, 0.05) is 19.6 Å². The van der Waals surface area contributed by atoms with Gasteiger partial charge in [-0.2, -0.15) is 13.2 Å². The Morgan fingerprint density at radius 1 is 1.27 bits per heavy atom. The van der Waals surface area contributed by atoms with Crippen molar-refractivity contribution in [1.29, 1.82) is 0 Å². The van der Waals surface area contributed by atoms with Gasteiger partial charge in [-0.1, -0.05) is 15.9 Å². The quantitative estimate of drug-likeness (QED) is 0.722. The van der Waals surface area contributed by atoms with E-state index in [0.29, 0.717) is 13.1 Å². The SMILES string of the molecule is FC(F)(F)C(Br)CN1CC2CCC(C1)O2. The molecule has 2 nitrogen and oxygen atoms in total. The molecule has 0 aliphatic carbocycles. The standard InChI is InChI=1S/C9H13BrF3NO/c10-8(9(11,12)13)5-14-3-6-1-2-7(4-14)15-6/h6-8H,1-5H2. The van der Waals surface area contributed by atoms with Crippen LogP contribution in [0.1, 0.15) is 12.8 Å². The predicted octanol–water partition coefficient (Wildman–Crippen LogP) is 2.18. The van der Waals surface area contributed by atoms with Gasteiger partial charge >= 0.3 is 6.18 Å². The molecule has 2 heterocycles. The zero-order valence-corrected chi connectivity index (χ0v) is 9.72. The Kier molecular flexibility index (Phi) is 3.28. The molecule has 15 heavy (non-hydrogen) atoms. The Morgan fingerprint density at radius 2 is 1.80 bits per heavy atom. The van der Waals surface area contributed by atoms with E-state index in [0.717, 1.165) is 12.8 Å². The van der Waals surface area contributed by atoms with E-state index in [1.165, 1.54) is 0 Å². The van der Waals surface area contributed by atoms with Gasteiger partial charge in [0.1, 0.15) is 4.83 Å². The molecule has 0 N–H and O–H groups in total. The lowest BCUT2D eigenvalue weighted by molar-refractivity contribution is -0.135. The van der Waals surface area contributed by atoms with Crippen LogP contribution in [0.4, 0.5) is 13.2 Å². The second-order valence-electron chi connectivity index (χ2n) is 4.19. The minimum Gasteiger partial charge on any atom is -0.372 e. The number of alkyl halides is 4. The fourth-order valence-corrected chi connectivity index (χ4v) is 2.59. The molecule has 0 aromatic carbocycles. The van der Waals surface area contributed by atoms with Crippen LogP contribution in [0.2, 0.25) is 0 Å². The highest BCUT2D eigenvalue weighted by Gasteiger charge is 2.41. The van der Waals surface area contributed by atoms with Gasteiger partial charge in [-0.25, -0.2) is 0 Å². The van der Waals surface area contributed by atoms with E-state index in [2.05, 4.69) is 15.9 Å². The largest absolute Gasteiger partial charge is 0.402 e. The molecule has 2 aliphatic heterocycles. The smallest absolute Gasteiger partial charge is 0.372 e. The molecule has 3 unspecified atom stereocenters. The first kappa shape index (κ1) is 11.7. The molecule has 2 rings (SSSR count). The molecule has 2 bridgehead atoms. The Balaban J connectivity index is 1.85. The number of nitrogens with zero attached hydrogens (tertiary/aromatic N) is 1. The van der Waals surface area contributed by atoms with Gasteiger partial charge in [-0.3, -0.25) is 4.90 Å². The van der Waals surface area contributed by atoms with E-state index in [-0.39, 0.29) is 18.8 Å². The minimum atomic E-state index is -4.16. The van der Waals surface area contributed by atoms with Crippen LogP contribution in [-0.2, 0) is 4.74 Å². The molecule has 2 saturated heterocycles. The Morgan fingerprint density at radius 3 is 2.27 bits per heavy atom. The first-order chi connectivity index (χ1) is 6.95. The van der Waals surface area contributed by atoms with Crippen LogP contribution >= 0.6 is 15.9 Å².